The highest BCUT2D eigenvalue weighted by Crippen LogP contribution is 2.19. The average Bonchev–Trinajstić information content (AvgIpc) is 3.16. The molecule has 1 atom stereocenters. The van der Waals surface area contributed by atoms with Crippen molar-refractivity contribution in [3.63, 3.8) is 0 Å². The van der Waals surface area contributed by atoms with E-state index in [2.05, 4.69) is 5.32 Å². The zero-order valence-corrected chi connectivity index (χ0v) is 14.8. The number of nitrogens with one attached hydrogen (secondary N) is 1. The Labute approximate surface area is 149 Å². The lowest BCUT2D eigenvalue weighted by Crippen LogP contribution is -2.43. The Morgan fingerprint density at radius 3 is 2.56 bits per heavy atom. The molecule has 2 saturated heterocycles. The molecule has 2 fully saturated rings. The van der Waals surface area contributed by atoms with Gasteiger partial charge in [0.05, 0.1) is 6.42 Å². The summed E-state index contributed by atoms with van der Waals surface area (Å²) < 4.78 is 5.36. The average molecular weight is 344 g/mol. The van der Waals surface area contributed by atoms with Crippen molar-refractivity contribution < 1.29 is 14.3 Å². The molecule has 1 N–H and O–H groups in total. The van der Waals surface area contributed by atoms with Gasteiger partial charge in [-0.3, -0.25) is 9.59 Å². The quantitative estimate of drug-likeness (QED) is 0.859. The summed E-state index contributed by atoms with van der Waals surface area (Å²) >= 11 is 0. The van der Waals surface area contributed by atoms with Gasteiger partial charge in [-0.05, 0) is 37.2 Å². The number of amides is 2. The fourth-order valence-electron chi connectivity index (χ4n) is 3.63. The first kappa shape index (κ1) is 17.9. The second-order valence-corrected chi connectivity index (χ2v) is 7.13. The molecule has 3 rings (SSSR count). The van der Waals surface area contributed by atoms with E-state index >= 15 is 0 Å². The fourth-order valence-corrected chi connectivity index (χ4v) is 3.63. The van der Waals surface area contributed by atoms with Crippen molar-refractivity contribution >= 4 is 11.8 Å². The Hall–Kier alpha value is -1.88. The zero-order valence-electron chi connectivity index (χ0n) is 14.8. The van der Waals surface area contributed by atoms with Gasteiger partial charge in [0.2, 0.25) is 11.8 Å². The molecule has 1 aromatic rings. The molecule has 2 aliphatic rings. The molecule has 0 bridgehead atoms. The number of likely N-dealkylation sites (tertiary alicyclic amines) is 1. The first-order valence-corrected chi connectivity index (χ1v) is 9.39. The van der Waals surface area contributed by atoms with Crippen LogP contribution in [0.15, 0.2) is 30.3 Å². The van der Waals surface area contributed by atoms with Crippen molar-refractivity contribution in [2.45, 2.75) is 32.1 Å². The van der Waals surface area contributed by atoms with Crippen LogP contribution >= 0.6 is 0 Å². The number of ether oxygens (including phenoxy) is 1. The lowest BCUT2D eigenvalue weighted by atomic mass is 9.95. The van der Waals surface area contributed by atoms with E-state index in [0.29, 0.717) is 25.4 Å². The monoisotopic (exact) mass is 344 g/mol. The summed E-state index contributed by atoms with van der Waals surface area (Å²) in [7, 11) is 0. The second-order valence-electron chi connectivity index (χ2n) is 7.13. The van der Waals surface area contributed by atoms with E-state index in [1.807, 2.05) is 35.2 Å². The van der Waals surface area contributed by atoms with Gasteiger partial charge in [0.25, 0.3) is 0 Å². The minimum atomic E-state index is 0.0422. The molecule has 5 heteroatoms. The van der Waals surface area contributed by atoms with Gasteiger partial charge in [-0.15, -0.1) is 0 Å². The van der Waals surface area contributed by atoms with Gasteiger partial charge in [0, 0.05) is 38.8 Å². The largest absolute Gasteiger partial charge is 0.381 e. The molecular weight excluding hydrogens is 316 g/mol. The first-order chi connectivity index (χ1) is 12.2. The first-order valence-electron chi connectivity index (χ1n) is 9.39. The molecular formula is C20H28N2O3. The van der Waals surface area contributed by atoms with E-state index in [9.17, 15) is 9.59 Å². The molecule has 2 aliphatic heterocycles. The third-order valence-electron chi connectivity index (χ3n) is 5.29. The summed E-state index contributed by atoms with van der Waals surface area (Å²) in [6.07, 6.45) is 4.08. The molecule has 0 spiro atoms. The lowest BCUT2D eigenvalue weighted by molar-refractivity contribution is -0.135. The molecule has 0 unspecified atom stereocenters. The number of rotatable bonds is 6. The Kier molecular flexibility index (Phi) is 6.45. The van der Waals surface area contributed by atoms with Crippen molar-refractivity contribution in [1.82, 2.24) is 10.2 Å². The number of nitrogens with zero attached hydrogens (tertiary/aromatic N) is 1. The predicted molar refractivity (Wildman–Crippen MR) is 96.0 cm³/mol. The maximum absolute atomic E-state index is 12.4. The van der Waals surface area contributed by atoms with Gasteiger partial charge >= 0.3 is 0 Å². The summed E-state index contributed by atoms with van der Waals surface area (Å²) in [6, 6.07) is 9.83. The summed E-state index contributed by atoms with van der Waals surface area (Å²) in [6.45, 7) is 3.78. The molecule has 2 heterocycles. The standard InChI is InChI=1S/C20H28N2O3/c23-19(14-16-4-2-1-3-5-16)22-11-7-18(8-12-22)20(24)21-10-6-17-9-13-25-15-17/h1-5,17-18H,6-15H2,(H,21,24)/t17-/m1/s1. The lowest BCUT2D eigenvalue weighted by Gasteiger charge is -2.31. The maximum atomic E-state index is 12.4. The molecule has 0 aliphatic carbocycles. The highest BCUT2D eigenvalue weighted by molar-refractivity contribution is 5.81. The molecule has 25 heavy (non-hydrogen) atoms. The predicted octanol–water partition coefficient (Wildman–Crippen LogP) is 2.01. The van der Waals surface area contributed by atoms with Crippen LogP contribution in [0.3, 0.4) is 0 Å². The van der Waals surface area contributed by atoms with E-state index in [1.54, 1.807) is 0 Å². The highest BCUT2D eigenvalue weighted by Gasteiger charge is 2.27. The number of carbonyl (C=O) groups excluding carboxylic acids is 2. The van der Waals surface area contributed by atoms with Crippen LogP contribution in [-0.4, -0.2) is 49.6 Å². The molecule has 1 aromatic carbocycles. The number of hydrogen-bond donors (Lipinski definition) is 1. The van der Waals surface area contributed by atoms with Crippen LogP contribution in [0.4, 0.5) is 0 Å². The molecule has 0 saturated carbocycles. The second kappa shape index (κ2) is 8.99. The van der Waals surface area contributed by atoms with Gasteiger partial charge in [-0.25, -0.2) is 0 Å². The maximum Gasteiger partial charge on any atom is 0.226 e. The highest BCUT2D eigenvalue weighted by atomic mass is 16.5. The number of piperidine rings is 1. The van der Waals surface area contributed by atoms with Crippen LogP contribution in [0.1, 0.15) is 31.2 Å². The topological polar surface area (TPSA) is 58.6 Å². The molecule has 136 valence electrons. The van der Waals surface area contributed by atoms with E-state index in [0.717, 1.165) is 51.0 Å². The Morgan fingerprint density at radius 2 is 1.88 bits per heavy atom. The van der Waals surface area contributed by atoms with E-state index in [-0.39, 0.29) is 17.7 Å². The summed E-state index contributed by atoms with van der Waals surface area (Å²) in [4.78, 5) is 26.6. The Balaban J connectivity index is 1.36. The smallest absolute Gasteiger partial charge is 0.226 e. The van der Waals surface area contributed by atoms with Gasteiger partial charge < -0.3 is 15.0 Å². The number of hydrogen-bond acceptors (Lipinski definition) is 3. The molecule has 2 amide bonds. The van der Waals surface area contributed by atoms with Gasteiger partial charge in [0.15, 0.2) is 0 Å². The Bertz CT molecular complexity index is 562. The summed E-state index contributed by atoms with van der Waals surface area (Å²) in [5.41, 5.74) is 1.04. The third kappa shape index (κ3) is 5.30. The molecule has 5 nitrogen and oxygen atoms in total. The van der Waals surface area contributed by atoms with Crippen molar-refractivity contribution in [1.29, 1.82) is 0 Å². The minimum Gasteiger partial charge on any atom is -0.381 e. The van der Waals surface area contributed by atoms with E-state index < -0.39 is 0 Å². The van der Waals surface area contributed by atoms with Crippen molar-refractivity contribution in [2.75, 3.05) is 32.8 Å². The van der Waals surface area contributed by atoms with Gasteiger partial charge in [0.1, 0.15) is 0 Å². The minimum absolute atomic E-state index is 0.0422. The fraction of sp³-hybridized carbons (Fsp3) is 0.600. The third-order valence-corrected chi connectivity index (χ3v) is 5.29. The normalized spacial score (nSPS) is 21.3. The van der Waals surface area contributed by atoms with Crippen LogP contribution in [0, 0.1) is 11.8 Å². The number of benzene rings is 1. The summed E-state index contributed by atoms with van der Waals surface area (Å²) in [5.74, 6) is 0.943. The van der Waals surface area contributed by atoms with Crippen LogP contribution in [0.25, 0.3) is 0 Å². The Morgan fingerprint density at radius 1 is 1.12 bits per heavy atom. The van der Waals surface area contributed by atoms with Crippen LogP contribution < -0.4 is 5.32 Å². The van der Waals surface area contributed by atoms with Crippen molar-refractivity contribution in [3.8, 4) is 0 Å². The number of carbonyl (C=O) groups is 2. The van der Waals surface area contributed by atoms with Crippen LogP contribution in [0.2, 0.25) is 0 Å². The van der Waals surface area contributed by atoms with Gasteiger partial charge in [-0.1, -0.05) is 30.3 Å². The van der Waals surface area contributed by atoms with Crippen molar-refractivity contribution in [2.24, 2.45) is 11.8 Å². The van der Waals surface area contributed by atoms with Crippen LogP contribution in [-0.2, 0) is 20.7 Å². The molecule has 0 aromatic heterocycles. The van der Waals surface area contributed by atoms with Crippen molar-refractivity contribution in [3.05, 3.63) is 35.9 Å². The molecule has 0 radical (unpaired) electrons. The van der Waals surface area contributed by atoms with Crippen LogP contribution in [0.5, 0.6) is 0 Å². The van der Waals surface area contributed by atoms with E-state index in [1.165, 1.54) is 0 Å². The summed E-state index contributed by atoms with van der Waals surface area (Å²) in [5, 5.41) is 3.07. The zero-order chi connectivity index (χ0) is 17.5. The van der Waals surface area contributed by atoms with Gasteiger partial charge in [-0.2, -0.15) is 0 Å². The van der Waals surface area contributed by atoms with E-state index in [4.69, 9.17) is 4.74 Å². The SMILES string of the molecule is O=C(NCC[C@@H]1CCOC1)C1CCN(C(=O)Cc2ccccc2)CC1.